The van der Waals surface area contributed by atoms with Crippen molar-refractivity contribution >= 4 is 11.9 Å². The van der Waals surface area contributed by atoms with E-state index in [1.54, 1.807) is 30.9 Å². The number of hydrogen-bond donors (Lipinski definition) is 1. The smallest absolute Gasteiger partial charge is 0.308 e. The lowest BCUT2D eigenvalue weighted by Crippen LogP contribution is -2.38. The van der Waals surface area contributed by atoms with Crippen LogP contribution in [0.2, 0.25) is 0 Å². The summed E-state index contributed by atoms with van der Waals surface area (Å²) in [7, 11) is 0. The molecule has 1 fully saturated rings. The van der Waals surface area contributed by atoms with Crippen LogP contribution in [0.1, 0.15) is 35.7 Å². The van der Waals surface area contributed by atoms with Crippen LogP contribution in [0.15, 0.2) is 18.2 Å². The zero-order valence-corrected chi connectivity index (χ0v) is 11.6. The molecule has 4 nitrogen and oxygen atoms in total. The first-order chi connectivity index (χ1) is 9.40. The number of rotatable bonds is 5. The molecular weight excluding hydrogens is 261 g/mol. The lowest BCUT2D eigenvalue weighted by Gasteiger charge is -2.24. The van der Waals surface area contributed by atoms with Crippen molar-refractivity contribution in [2.45, 2.75) is 32.7 Å². The van der Waals surface area contributed by atoms with Crippen LogP contribution < -0.4 is 0 Å². The number of hydrogen-bond acceptors (Lipinski definition) is 2. The Bertz CT molecular complexity index is 540. The molecule has 20 heavy (non-hydrogen) atoms. The van der Waals surface area contributed by atoms with E-state index in [9.17, 15) is 14.0 Å². The topological polar surface area (TPSA) is 57.6 Å². The molecule has 0 radical (unpaired) electrons. The van der Waals surface area contributed by atoms with Crippen molar-refractivity contribution in [1.29, 1.82) is 0 Å². The number of amides is 1. The molecule has 0 saturated heterocycles. The fraction of sp³-hybridized carbons (Fsp3) is 0.467. The SMILES string of the molecule is Cc1ccc(C(=O)N(CC(C)C(=O)O)C2CC2)cc1F. The molecule has 1 amide bonds. The van der Waals surface area contributed by atoms with Gasteiger partial charge in [-0.2, -0.15) is 0 Å². The molecule has 0 aromatic heterocycles. The number of aliphatic carboxylic acids is 1. The number of carbonyl (C=O) groups is 2. The fourth-order valence-electron chi connectivity index (χ4n) is 2.05. The molecule has 1 aliphatic rings. The predicted molar refractivity (Wildman–Crippen MR) is 72.0 cm³/mol. The van der Waals surface area contributed by atoms with Gasteiger partial charge < -0.3 is 10.0 Å². The minimum absolute atomic E-state index is 0.0914. The zero-order valence-electron chi connectivity index (χ0n) is 11.6. The summed E-state index contributed by atoms with van der Waals surface area (Å²) in [4.78, 5) is 24.9. The van der Waals surface area contributed by atoms with Gasteiger partial charge in [-0.25, -0.2) is 4.39 Å². The average molecular weight is 279 g/mol. The summed E-state index contributed by atoms with van der Waals surface area (Å²) < 4.78 is 13.5. The van der Waals surface area contributed by atoms with Crippen LogP contribution in [-0.2, 0) is 4.79 Å². The highest BCUT2D eigenvalue weighted by atomic mass is 19.1. The largest absolute Gasteiger partial charge is 0.481 e. The van der Waals surface area contributed by atoms with Gasteiger partial charge in [-0.3, -0.25) is 9.59 Å². The second kappa shape index (κ2) is 5.61. The van der Waals surface area contributed by atoms with E-state index >= 15 is 0 Å². The lowest BCUT2D eigenvalue weighted by molar-refractivity contribution is -0.141. The Morgan fingerprint density at radius 3 is 2.60 bits per heavy atom. The Hall–Kier alpha value is -1.91. The van der Waals surface area contributed by atoms with E-state index in [4.69, 9.17) is 5.11 Å². The maximum Gasteiger partial charge on any atom is 0.308 e. The Morgan fingerprint density at radius 1 is 1.45 bits per heavy atom. The normalized spacial score (nSPS) is 15.8. The number of nitrogens with zero attached hydrogens (tertiary/aromatic N) is 1. The standard InChI is InChI=1S/C15H18FNO3/c1-9-3-4-11(7-13(9)16)14(18)17(12-5-6-12)8-10(2)15(19)20/h3-4,7,10,12H,5-6,8H2,1-2H3,(H,19,20). The number of carbonyl (C=O) groups excluding carboxylic acids is 1. The van der Waals surface area contributed by atoms with Gasteiger partial charge in [-0.1, -0.05) is 13.0 Å². The van der Waals surface area contributed by atoms with Crippen molar-refractivity contribution in [1.82, 2.24) is 4.90 Å². The number of benzene rings is 1. The van der Waals surface area contributed by atoms with Crippen molar-refractivity contribution in [2.75, 3.05) is 6.54 Å². The summed E-state index contributed by atoms with van der Waals surface area (Å²) in [5.74, 6) is -2.27. The molecular formula is C15H18FNO3. The molecule has 1 aromatic rings. The second-order valence-electron chi connectivity index (χ2n) is 5.39. The summed E-state index contributed by atoms with van der Waals surface area (Å²) in [6.07, 6.45) is 1.76. The zero-order chi connectivity index (χ0) is 14.9. The molecule has 0 heterocycles. The van der Waals surface area contributed by atoms with Crippen molar-refractivity contribution in [3.63, 3.8) is 0 Å². The third-order valence-corrected chi connectivity index (χ3v) is 3.56. The molecule has 1 aliphatic carbocycles. The molecule has 0 bridgehead atoms. The molecule has 1 atom stereocenters. The predicted octanol–water partition coefficient (Wildman–Crippen LogP) is 2.46. The van der Waals surface area contributed by atoms with Gasteiger partial charge in [0.2, 0.25) is 0 Å². The van der Waals surface area contributed by atoms with Crippen molar-refractivity contribution < 1.29 is 19.1 Å². The molecule has 5 heteroatoms. The number of halogens is 1. The Kier molecular flexibility index (Phi) is 4.06. The summed E-state index contributed by atoms with van der Waals surface area (Å²) >= 11 is 0. The van der Waals surface area contributed by atoms with Gasteiger partial charge in [-0.15, -0.1) is 0 Å². The average Bonchev–Trinajstić information content (AvgIpc) is 3.22. The minimum atomic E-state index is -0.932. The third-order valence-electron chi connectivity index (χ3n) is 3.56. The molecule has 1 unspecified atom stereocenters. The summed E-state index contributed by atoms with van der Waals surface area (Å²) in [5, 5.41) is 8.97. The van der Waals surface area contributed by atoms with Crippen molar-refractivity contribution in [3.8, 4) is 0 Å². The Morgan fingerprint density at radius 2 is 2.10 bits per heavy atom. The quantitative estimate of drug-likeness (QED) is 0.900. The maximum atomic E-state index is 13.5. The molecule has 108 valence electrons. The van der Waals surface area contributed by atoms with E-state index < -0.39 is 17.7 Å². The summed E-state index contributed by atoms with van der Waals surface area (Å²) in [6.45, 7) is 3.36. The van der Waals surface area contributed by atoms with Crippen LogP contribution in [0.4, 0.5) is 4.39 Å². The van der Waals surface area contributed by atoms with E-state index in [0.717, 1.165) is 12.8 Å². The monoisotopic (exact) mass is 279 g/mol. The van der Waals surface area contributed by atoms with Crippen molar-refractivity contribution in [3.05, 3.63) is 35.1 Å². The van der Waals surface area contributed by atoms with Gasteiger partial charge in [-0.05, 0) is 37.5 Å². The molecule has 1 saturated carbocycles. The van der Waals surface area contributed by atoms with E-state index in [-0.39, 0.29) is 24.1 Å². The first-order valence-electron chi connectivity index (χ1n) is 6.70. The molecule has 1 N–H and O–H groups in total. The van der Waals surface area contributed by atoms with Crippen LogP contribution in [-0.4, -0.2) is 34.5 Å². The highest BCUT2D eigenvalue weighted by Gasteiger charge is 2.35. The minimum Gasteiger partial charge on any atom is -0.481 e. The summed E-state index contributed by atoms with van der Waals surface area (Å²) in [6, 6.07) is 4.46. The number of carboxylic acid groups (broad SMARTS) is 1. The van der Waals surface area contributed by atoms with E-state index in [2.05, 4.69) is 0 Å². The van der Waals surface area contributed by atoms with Crippen molar-refractivity contribution in [2.24, 2.45) is 5.92 Å². The highest BCUT2D eigenvalue weighted by Crippen LogP contribution is 2.29. The van der Waals surface area contributed by atoms with Crippen LogP contribution in [0.25, 0.3) is 0 Å². The van der Waals surface area contributed by atoms with Crippen LogP contribution >= 0.6 is 0 Å². The van der Waals surface area contributed by atoms with Gasteiger partial charge in [0.15, 0.2) is 0 Å². The first kappa shape index (κ1) is 14.5. The van der Waals surface area contributed by atoms with Gasteiger partial charge in [0.1, 0.15) is 5.82 Å². The molecule has 2 rings (SSSR count). The van der Waals surface area contributed by atoms with Crippen LogP contribution in [0.5, 0.6) is 0 Å². The third kappa shape index (κ3) is 3.15. The number of carboxylic acids is 1. The number of aryl methyl sites for hydroxylation is 1. The second-order valence-corrected chi connectivity index (χ2v) is 5.39. The first-order valence-corrected chi connectivity index (χ1v) is 6.70. The maximum absolute atomic E-state index is 13.5. The fourth-order valence-corrected chi connectivity index (χ4v) is 2.05. The lowest BCUT2D eigenvalue weighted by atomic mass is 10.1. The summed E-state index contributed by atoms with van der Waals surface area (Å²) in [5.41, 5.74) is 0.760. The van der Waals surface area contributed by atoms with Crippen LogP contribution in [0, 0.1) is 18.7 Å². The van der Waals surface area contributed by atoms with E-state index in [0.29, 0.717) is 5.56 Å². The van der Waals surface area contributed by atoms with E-state index in [1.165, 1.54) is 6.07 Å². The molecule has 0 spiro atoms. The van der Waals surface area contributed by atoms with Gasteiger partial charge in [0, 0.05) is 18.2 Å². The highest BCUT2D eigenvalue weighted by molar-refractivity contribution is 5.95. The Balaban J connectivity index is 2.18. The van der Waals surface area contributed by atoms with Gasteiger partial charge in [0.05, 0.1) is 5.92 Å². The van der Waals surface area contributed by atoms with E-state index in [1.807, 2.05) is 0 Å². The van der Waals surface area contributed by atoms with Gasteiger partial charge in [0.25, 0.3) is 5.91 Å². The molecule has 1 aromatic carbocycles. The van der Waals surface area contributed by atoms with Crippen LogP contribution in [0.3, 0.4) is 0 Å². The Labute approximate surface area is 117 Å². The molecule has 0 aliphatic heterocycles. The van der Waals surface area contributed by atoms with Gasteiger partial charge >= 0.3 is 5.97 Å².